The number of rotatable bonds is 8. The molecule has 2 rings (SSSR count). The van der Waals surface area contributed by atoms with Gasteiger partial charge in [0.15, 0.2) is 0 Å². The molecule has 0 heterocycles. The summed E-state index contributed by atoms with van der Waals surface area (Å²) in [5.74, 6) is 0.883. The number of hydrogen-bond donors (Lipinski definition) is 1. The highest BCUT2D eigenvalue weighted by atomic mass is 35.5. The van der Waals surface area contributed by atoms with Crippen LogP contribution in [0.4, 0.5) is 0 Å². The topological polar surface area (TPSA) is 21.3 Å². The van der Waals surface area contributed by atoms with Crippen LogP contribution in [0.3, 0.4) is 0 Å². The Morgan fingerprint density at radius 3 is 2.43 bits per heavy atom. The van der Waals surface area contributed by atoms with E-state index < -0.39 is 0 Å². The van der Waals surface area contributed by atoms with Crippen molar-refractivity contribution in [2.45, 2.75) is 26.3 Å². The van der Waals surface area contributed by atoms with Gasteiger partial charge in [-0.3, -0.25) is 0 Å². The molecule has 0 saturated heterocycles. The number of nitrogens with one attached hydrogen (secondary N) is 1. The van der Waals surface area contributed by atoms with Crippen molar-refractivity contribution in [1.29, 1.82) is 0 Å². The Hall–Kier alpha value is -0.930. The molecule has 23 heavy (non-hydrogen) atoms. The van der Waals surface area contributed by atoms with E-state index in [-0.39, 0.29) is 0 Å². The molecular formula is C18H20Cl3NO. The SMILES string of the molecule is CCCOc1ccc(Cl)cc1CNCCc1ccc(Cl)cc1Cl. The van der Waals surface area contributed by atoms with Crippen molar-refractivity contribution in [3.8, 4) is 5.75 Å². The molecule has 0 radical (unpaired) electrons. The van der Waals surface area contributed by atoms with Crippen molar-refractivity contribution in [2.24, 2.45) is 0 Å². The first-order chi connectivity index (χ1) is 11.1. The lowest BCUT2D eigenvalue weighted by atomic mass is 10.1. The third-order valence-corrected chi connectivity index (χ3v) is 4.21. The minimum atomic E-state index is 0.656. The lowest BCUT2D eigenvalue weighted by molar-refractivity contribution is 0.313. The van der Waals surface area contributed by atoms with Crippen LogP contribution in [0.15, 0.2) is 36.4 Å². The third kappa shape index (κ3) is 5.89. The summed E-state index contributed by atoms with van der Waals surface area (Å²) in [4.78, 5) is 0. The second-order valence-electron chi connectivity index (χ2n) is 5.26. The average molecular weight is 373 g/mol. The normalized spacial score (nSPS) is 10.8. The van der Waals surface area contributed by atoms with E-state index >= 15 is 0 Å². The fourth-order valence-corrected chi connectivity index (χ4v) is 2.91. The van der Waals surface area contributed by atoms with Gasteiger partial charge in [-0.2, -0.15) is 0 Å². The minimum Gasteiger partial charge on any atom is -0.493 e. The number of hydrogen-bond acceptors (Lipinski definition) is 2. The van der Waals surface area contributed by atoms with Crippen LogP contribution in [0, 0.1) is 0 Å². The summed E-state index contributed by atoms with van der Waals surface area (Å²) in [5.41, 5.74) is 2.14. The molecule has 0 fully saturated rings. The molecule has 2 aromatic rings. The molecule has 0 saturated carbocycles. The van der Waals surface area contributed by atoms with Crippen molar-refractivity contribution in [3.63, 3.8) is 0 Å². The van der Waals surface area contributed by atoms with Gasteiger partial charge in [-0.1, -0.05) is 47.8 Å². The zero-order chi connectivity index (χ0) is 16.7. The molecule has 1 N–H and O–H groups in total. The highest BCUT2D eigenvalue weighted by Crippen LogP contribution is 2.24. The fourth-order valence-electron chi connectivity index (χ4n) is 2.21. The number of ether oxygens (including phenoxy) is 1. The van der Waals surface area contributed by atoms with E-state index in [9.17, 15) is 0 Å². The Morgan fingerprint density at radius 1 is 0.957 bits per heavy atom. The Bertz CT molecular complexity index is 646. The van der Waals surface area contributed by atoms with Crippen LogP contribution in [0.5, 0.6) is 5.75 Å². The molecule has 0 aliphatic rings. The van der Waals surface area contributed by atoms with Crippen molar-refractivity contribution in [2.75, 3.05) is 13.2 Å². The Balaban J connectivity index is 1.89. The summed E-state index contributed by atoms with van der Waals surface area (Å²) >= 11 is 18.2. The minimum absolute atomic E-state index is 0.656. The van der Waals surface area contributed by atoms with Crippen LogP contribution in [0.25, 0.3) is 0 Å². The number of benzene rings is 2. The van der Waals surface area contributed by atoms with E-state index in [1.165, 1.54) is 0 Å². The molecule has 0 atom stereocenters. The standard InChI is InChI=1S/C18H20Cl3NO/c1-2-9-23-18-6-5-15(19)10-14(18)12-22-8-7-13-3-4-16(20)11-17(13)21/h3-6,10-11,22H,2,7-9,12H2,1H3. The predicted octanol–water partition coefficient (Wildman–Crippen LogP) is 5.77. The van der Waals surface area contributed by atoms with Gasteiger partial charge in [0.2, 0.25) is 0 Å². The van der Waals surface area contributed by atoms with Gasteiger partial charge in [0, 0.05) is 27.2 Å². The van der Waals surface area contributed by atoms with Gasteiger partial charge in [0.25, 0.3) is 0 Å². The van der Waals surface area contributed by atoms with Gasteiger partial charge in [-0.15, -0.1) is 0 Å². The fraction of sp³-hybridized carbons (Fsp3) is 0.333. The van der Waals surface area contributed by atoms with E-state index in [1.54, 1.807) is 6.07 Å². The first-order valence-corrected chi connectivity index (χ1v) is 8.79. The number of halogens is 3. The van der Waals surface area contributed by atoms with Crippen LogP contribution in [0.2, 0.25) is 15.1 Å². The zero-order valence-corrected chi connectivity index (χ0v) is 15.3. The van der Waals surface area contributed by atoms with Crippen molar-refractivity contribution < 1.29 is 4.74 Å². The van der Waals surface area contributed by atoms with Crippen LogP contribution in [-0.4, -0.2) is 13.2 Å². The molecule has 0 aliphatic carbocycles. The summed E-state index contributed by atoms with van der Waals surface area (Å²) in [5, 5.41) is 5.48. The molecule has 0 unspecified atom stereocenters. The lowest BCUT2D eigenvalue weighted by Gasteiger charge is -2.12. The molecule has 0 aliphatic heterocycles. The van der Waals surface area contributed by atoms with Crippen molar-refractivity contribution in [3.05, 3.63) is 62.6 Å². The van der Waals surface area contributed by atoms with Gasteiger partial charge in [-0.05, 0) is 55.3 Å². The molecule has 0 bridgehead atoms. The largest absolute Gasteiger partial charge is 0.493 e. The molecule has 0 aromatic heterocycles. The third-order valence-electron chi connectivity index (χ3n) is 3.39. The van der Waals surface area contributed by atoms with Crippen LogP contribution >= 0.6 is 34.8 Å². The van der Waals surface area contributed by atoms with E-state index in [1.807, 2.05) is 30.3 Å². The second kappa shape index (κ2) is 9.39. The van der Waals surface area contributed by atoms with Crippen LogP contribution < -0.4 is 10.1 Å². The second-order valence-corrected chi connectivity index (χ2v) is 6.54. The van der Waals surface area contributed by atoms with Gasteiger partial charge < -0.3 is 10.1 Å². The van der Waals surface area contributed by atoms with Gasteiger partial charge in [0.05, 0.1) is 6.61 Å². The molecular weight excluding hydrogens is 353 g/mol. The predicted molar refractivity (Wildman–Crippen MR) is 99.1 cm³/mol. The Kier molecular flexibility index (Phi) is 7.51. The highest BCUT2D eigenvalue weighted by Gasteiger charge is 2.05. The van der Waals surface area contributed by atoms with E-state index in [2.05, 4.69) is 12.2 Å². The quantitative estimate of drug-likeness (QED) is 0.594. The molecule has 0 amide bonds. The first kappa shape index (κ1) is 18.4. The lowest BCUT2D eigenvalue weighted by Crippen LogP contribution is -2.17. The van der Waals surface area contributed by atoms with Crippen LogP contribution in [-0.2, 0) is 13.0 Å². The Morgan fingerprint density at radius 2 is 1.70 bits per heavy atom. The zero-order valence-electron chi connectivity index (χ0n) is 13.0. The summed E-state index contributed by atoms with van der Waals surface area (Å²) in [6.45, 7) is 4.30. The molecule has 124 valence electrons. The van der Waals surface area contributed by atoms with Gasteiger partial charge in [0.1, 0.15) is 5.75 Å². The maximum atomic E-state index is 6.18. The molecule has 2 aromatic carbocycles. The van der Waals surface area contributed by atoms with E-state index in [0.29, 0.717) is 28.2 Å². The summed E-state index contributed by atoms with van der Waals surface area (Å²) in [6.07, 6.45) is 1.81. The summed E-state index contributed by atoms with van der Waals surface area (Å²) in [6, 6.07) is 11.3. The molecule has 2 nitrogen and oxygen atoms in total. The summed E-state index contributed by atoms with van der Waals surface area (Å²) < 4.78 is 5.75. The van der Waals surface area contributed by atoms with Gasteiger partial charge >= 0.3 is 0 Å². The van der Waals surface area contributed by atoms with Crippen molar-refractivity contribution >= 4 is 34.8 Å². The first-order valence-electron chi connectivity index (χ1n) is 7.66. The maximum absolute atomic E-state index is 6.18. The molecule has 0 spiro atoms. The van der Waals surface area contributed by atoms with Crippen molar-refractivity contribution in [1.82, 2.24) is 5.32 Å². The monoisotopic (exact) mass is 371 g/mol. The highest BCUT2D eigenvalue weighted by molar-refractivity contribution is 6.35. The smallest absolute Gasteiger partial charge is 0.123 e. The maximum Gasteiger partial charge on any atom is 0.123 e. The van der Waals surface area contributed by atoms with Gasteiger partial charge in [-0.25, -0.2) is 0 Å². The molecule has 5 heteroatoms. The summed E-state index contributed by atoms with van der Waals surface area (Å²) in [7, 11) is 0. The van der Waals surface area contributed by atoms with E-state index in [4.69, 9.17) is 39.5 Å². The average Bonchev–Trinajstić information content (AvgIpc) is 2.52. The van der Waals surface area contributed by atoms with Crippen LogP contribution in [0.1, 0.15) is 24.5 Å². The Labute approximate surface area is 152 Å². The van der Waals surface area contributed by atoms with E-state index in [0.717, 1.165) is 36.3 Å².